The van der Waals surface area contributed by atoms with Gasteiger partial charge in [-0.2, -0.15) is 0 Å². The first kappa shape index (κ1) is 20.7. The number of amides is 1. The Morgan fingerprint density at radius 1 is 0.947 bits per heavy atom. The quantitative estimate of drug-likeness (QED) is 0.737. The van der Waals surface area contributed by atoms with E-state index in [0.717, 1.165) is 25.9 Å². The van der Waals surface area contributed by atoms with Crippen molar-refractivity contribution in [1.82, 2.24) is 15.1 Å². The molecule has 2 rings (SSSR count). The lowest BCUT2D eigenvalue weighted by Gasteiger charge is -2.41. The van der Waals surface area contributed by atoms with E-state index >= 15 is 0 Å². The van der Waals surface area contributed by atoms with Crippen LogP contribution in [0.5, 0.6) is 0 Å². The van der Waals surface area contributed by atoms with E-state index in [9.17, 15) is 4.79 Å². The van der Waals surface area contributed by atoms with Crippen LogP contribution in [0.3, 0.4) is 0 Å². The number of hydrogen-bond donors (Lipinski definition) is 1. The van der Waals surface area contributed by atoms with E-state index in [1.807, 2.05) is 48.6 Å². The molecule has 0 aromatic rings. The number of piperidine rings is 1. The predicted molar refractivity (Wildman–Crippen MR) is 84.3 cm³/mol. The van der Waals surface area contributed by atoms with Crippen molar-refractivity contribution in [1.29, 1.82) is 0 Å². The van der Waals surface area contributed by atoms with Crippen LogP contribution in [-0.4, -0.2) is 55.1 Å². The molecule has 0 unspecified atom stereocenters. The Morgan fingerprint density at radius 2 is 1.37 bits per heavy atom. The molecule has 4 nitrogen and oxygen atoms in total. The van der Waals surface area contributed by atoms with Gasteiger partial charge in [-0.05, 0) is 26.9 Å². The molecule has 0 atom stereocenters. The lowest BCUT2D eigenvalue weighted by atomic mass is 9.97. The van der Waals surface area contributed by atoms with Gasteiger partial charge in [-0.25, -0.2) is 0 Å². The zero-order chi connectivity index (χ0) is 15.5. The molecule has 19 heavy (non-hydrogen) atoms. The lowest BCUT2D eigenvalue weighted by Crippen LogP contribution is -2.56. The summed E-state index contributed by atoms with van der Waals surface area (Å²) >= 11 is 0. The maximum Gasteiger partial charge on any atom is 0.235 e. The maximum atomic E-state index is 11.2. The third kappa shape index (κ3) is 5.91. The average Bonchev–Trinajstić information content (AvgIpc) is 2.75. The van der Waals surface area contributed by atoms with E-state index in [4.69, 9.17) is 0 Å². The minimum absolute atomic E-state index is 0.0242. The Kier molecular flexibility index (Phi) is 12.2. The summed E-state index contributed by atoms with van der Waals surface area (Å²) in [4.78, 5) is 15.7. The minimum atomic E-state index is -0.0242. The molecule has 2 saturated heterocycles. The Hall–Kier alpha value is -0.610. The van der Waals surface area contributed by atoms with Crippen molar-refractivity contribution in [3.63, 3.8) is 0 Å². The smallest absolute Gasteiger partial charge is 0.235 e. The van der Waals surface area contributed by atoms with Crippen LogP contribution in [0, 0.1) is 0 Å². The van der Waals surface area contributed by atoms with Gasteiger partial charge in [0.25, 0.3) is 0 Å². The summed E-state index contributed by atoms with van der Waals surface area (Å²) in [5.41, 5.74) is -0.0242. The molecule has 0 radical (unpaired) electrons. The van der Waals surface area contributed by atoms with Gasteiger partial charge in [0.05, 0.1) is 12.2 Å². The molecule has 2 heterocycles. The normalized spacial score (nSPS) is 21.2. The molecule has 0 aromatic carbocycles. The molecule has 0 aromatic heterocycles. The Morgan fingerprint density at radius 3 is 1.68 bits per heavy atom. The molecule has 4 heteroatoms. The fraction of sp³-hybridized carbons (Fsp3) is 0.933. The topological polar surface area (TPSA) is 35.6 Å². The van der Waals surface area contributed by atoms with Crippen molar-refractivity contribution in [2.75, 3.05) is 33.7 Å². The summed E-state index contributed by atoms with van der Waals surface area (Å²) in [7, 11) is 4.16. The zero-order valence-corrected chi connectivity index (χ0v) is 14.3. The molecule has 2 fully saturated rings. The standard InChI is InChI=1S/C9H17N3O.3C2H6/c1-11-5-3-9(4-6-11)10-8(13)7-12(9)2;3*1-2/h3-7H2,1-2H3,(H,10,13);3*1-2H3. The molecule has 116 valence electrons. The fourth-order valence-electron chi connectivity index (χ4n) is 2.26. The number of nitrogens with zero attached hydrogens (tertiary/aromatic N) is 2. The van der Waals surface area contributed by atoms with Gasteiger partial charge in [0, 0.05) is 13.1 Å². The highest BCUT2D eigenvalue weighted by molar-refractivity contribution is 5.81. The van der Waals surface area contributed by atoms with Crippen molar-refractivity contribution in [3.05, 3.63) is 0 Å². The van der Waals surface area contributed by atoms with Crippen molar-refractivity contribution in [2.24, 2.45) is 0 Å². The molecule has 1 spiro atoms. The van der Waals surface area contributed by atoms with Crippen LogP contribution >= 0.6 is 0 Å². The van der Waals surface area contributed by atoms with Crippen molar-refractivity contribution < 1.29 is 4.79 Å². The lowest BCUT2D eigenvalue weighted by molar-refractivity contribution is -0.119. The fourth-order valence-corrected chi connectivity index (χ4v) is 2.26. The van der Waals surface area contributed by atoms with Gasteiger partial charge in [-0.1, -0.05) is 41.5 Å². The number of likely N-dealkylation sites (tertiary alicyclic amines) is 1. The predicted octanol–water partition coefficient (Wildman–Crippen LogP) is 2.55. The summed E-state index contributed by atoms with van der Waals surface area (Å²) in [5, 5.41) is 3.10. The minimum Gasteiger partial charge on any atom is -0.337 e. The number of likely N-dealkylation sites (N-methyl/N-ethyl adjacent to an activating group) is 1. The van der Waals surface area contributed by atoms with E-state index in [1.165, 1.54) is 0 Å². The summed E-state index contributed by atoms with van der Waals surface area (Å²) in [6, 6.07) is 0. The number of nitrogens with one attached hydrogen (secondary N) is 1. The molecule has 0 saturated carbocycles. The number of rotatable bonds is 0. The first-order valence-corrected chi connectivity index (χ1v) is 7.83. The molecule has 0 bridgehead atoms. The van der Waals surface area contributed by atoms with E-state index in [1.54, 1.807) is 0 Å². The zero-order valence-electron chi connectivity index (χ0n) is 14.3. The summed E-state index contributed by atoms with van der Waals surface area (Å²) in [6.45, 7) is 14.7. The van der Waals surface area contributed by atoms with Gasteiger partial charge < -0.3 is 10.2 Å². The van der Waals surface area contributed by atoms with E-state index in [-0.39, 0.29) is 11.6 Å². The highest BCUT2D eigenvalue weighted by Crippen LogP contribution is 2.27. The van der Waals surface area contributed by atoms with Gasteiger partial charge >= 0.3 is 0 Å². The molecular formula is C15H35N3O. The van der Waals surface area contributed by atoms with Crippen LogP contribution in [0.15, 0.2) is 0 Å². The van der Waals surface area contributed by atoms with Crippen molar-refractivity contribution in [3.8, 4) is 0 Å². The molecular weight excluding hydrogens is 238 g/mol. The third-order valence-corrected chi connectivity index (χ3v) is 3.30. The highest BCUT2D eigenvalue weighted by atomic mass is 16.2. The third-order valence-electron chi connectivity index (χ3n) is 3.30. The number of carbonyl (C=O) groups is 1. The Bertz CT molecular complexity index is 223. The van der Waals surface area contributed by atoms with Crippen LogP contribution in [0.4, 0.5) is 0 Å². The van der Waals surface area contributed by atoms with Crippen LogP contribution in [0.1, 0.15) is 54.4 Å². The summed E-state index contributed by atoms with van der Waals surface area (Å²) < 4.78 is 0. The second-order valence-corrected chi connectivity index (χ2v) is 4.24. The van der Waals surface area contributed by atoms with E-state index in [2.05, 4.69) is 22.2 Å². The second kappa shape index (κ2) is 11.2. The highest BCUT2D eigenvalue weighted by Gasteiger charge is 2.43. The summed E-state index contributed by atoms with van der Waals surface area (Å²) in [6.07, 6.45) is 2.09. The van der Waals surface area contributed by atoms with E-state index in [0.29, 0.717) is 6.54 Å². The molecule has 2 aliphatic heterocycles. The largest absolute Gasteiger partial charge is 0.337 e. The maximum absolute atomic E-state index is 11.2. The number of hydrogen-bond acceptors (Lipinski definition) is 3. The van der Waals surface area contributed by atoms with Gasteiger partial charge in [0.15, 0.2) is 0 Å². The first-order chi connectivity index (χ1) is 9.12. The second-order valence-electron chi connectivity index (χ2n) is 4.24. The molecule has 0 aliphatic carbocycles. The van der Waals surface area contributed by atoms with Gasteiger partial charge in [0.1, 0.15) is 0 Å². The first-order valence-electron chi connectivity index (χ1n) is 7.83. The van der Waals surface area contributed by atoms with Crippen molar-refractivity contribution >= 4 is 5.91 Å². The Balaban J connectivity index is 0. The monoisotopic (exact) mass is 273 g/mol. The van der Waals surface area contributed by atoms with Crippen molar-refractivity contribution in [2.45, 2.75) is 60.0 Å². The molecule has 2 aliphatic rings. The van der Waals surface area contributed by atoms with Crippen LogP contribution < -0.4 is 5.32 Å². The van der Waals surface area contributed by atoms with Gasteiger partial charge in [0.2, 0.25) is 5.91 Å². The van der Waals surface area contributed by atoms with Crippen LogP contribution in [-0.2, 0) is 4.79 Å². The van der Waals surface area contributed by atoms with Gasteiger partial charge in [-0.15, -0.1) is 0 Å². The van der Waals surface area contributed by atoms with Crippen LogP contribution in [0.25, 0.3) is 0 Å². The van der Waals surface area contributed by atoms with Crippen LogP contribution in [0.2, 0.25) is 0 Å². The molecule has 1 amide bonds. The number of carbonyl (C=O) groups excluding carboxylic acids is 1. The summed E-state index contributed by atoms with van der Waals surface area (Å²) in [5.74, 6) is 0.173. The molecule has 1 N–H and O–H groups in total. The average molecular weight is 273 g/mol. The Labute approximate surface area is 120 Å². The SMILES string of the molecule is CC.CC.CC.CN1CCC2(CC1)NC(=O)CN2C. The van der Waals surface area contributed by atoms with E-state index < -0.39 is 0 Å². The van der Waals surface area contributed by atoms with Gasteiger partial charge in [-0.3, -0.25) is 9.69 Å².